The second-order valence-corrected chi connectivity index (χ2v) is 7.34. The molecule has 0 aromatic heterocycles. The van der Waals surface area contributed by atoms with Crippen LogP contribution in [0, 0.1) is 0 Å². The third-order valence-corrected chi connectivity index (χ3v) is 5.24. The van der Waals surface area contributed by atoms with Gasteiger partial charge in [0, 0.05) is 25.6 Å². The molecule has 0 fully saturated rings. The molecule has 0 aliphatic carbocycles. The summed E-state index contributed by atoms with van der Waals surface area (Å²) in [7, 11) is 3.20. The van der Waals surface area contributed by atoms with Crippen LogP contribution in [0.1, 0.15) is 29.7 Å². The van der Waals surface area contributed by atoms with Crippen molar-refractivity contribution in [1.29, 1.82) is 0 Å². The number of ether oxygens (including phenoxy) is 2. The van der Waals surface area contributed by atoms with E-state index in [0.29, 0.717) is 18.8 Å². The smallest absolute Gasteiger partial charge is 0.247 e. The summed E-state index contributed by atoms with van der Waals surface area (Å²) >= 11 is 0. The highest BCUT2D eigenvalue weighted by atomic mass is 16.5. The van der Waals surface area contributed by atoms with Gasteiger partial charge in [0.25, 0.3) is 0 Å². The minimum atomic E-state index is -0.773. The first-order valence-corrected chi connectivity index (χ1v) is 10.4. The molecule has 0 saturated carbocycles. The van der Waals surface area contributed by atoms with Crippen molar-refractivity contribution in [3.05, 3.63) is 95.6 Å². The number of nitrogens with one attached hydrogen (secondary N) is 1. The summed E-state index contributed by atoms with van der Waals surface area (Å²) in [5.74, 6) is 0.982. The average molecular weight is 433 g/mol. The Hall–Kier alpha value is -3.80. The molecule has 0 radical (unpaired) electrons. The van der Waals surface area contributed by atoms with Crippen LogP contribution in [0.4, 0.5) is 0 Å². The lowest BCUT2D eigenvalue weighted by atomic mass is 10.0. The van der Waals surface area contributed by atoms with Crippen molar-refractivity contribution in [3.8, 4) is 11.5 Å². The van der Waals surface area contributed by atoms with E-state index in [0.717, 1.165) is 22.4 Å². The van der Waals surface area contributed by atoms with Gasteiger partial charge in [-0.25, -0.2) is 0 Å². The Bertz CT molecular complexity index is 1040. The Balaban J connectivity index is 1.87. The minimum absolute atomic E-state index is 0.192. The number of para-hydroxylation sites is 1. The van der Waals surface area contributed by atoms with Gasteiger partial charge in [-0.2, -0.15) is 0 Å². The lowest BCUT2D eigenvalue weighted by Crippen LogP contribution is -2.42. The zero-order chi connectivity index (χ0) is 22.9. The minimum Gasteiger partial charge on any atom is -0.497 e. The van der Waals surface area contributed by atoms with Gasteiger partial charge in [-0.15, -0.1) is 0 Å². The molecule has 1 atom stereocenters. The highest BCUT2D eigenvalue weighted by molar-refractivity contribution is 5.88. The van der Waals surface area contributed by atoms with E-state index in [9.17, 15) is 9.59 Å². The lowest BCUT2D eigenvalue weighted by Gasteiger charge is -2.30. The van der Waals surface area contributed by atoms with Gasteiger partial charge < -0.3 is 19.7 Å². The predicted octanol–water partition coefficient (Wildman–Crippen LogP) is 4.11. The standard InChI is InChI=1S/C26H28N2O4/c1-19(29)28(18-20-13-15-23(31-2)16-14-20)25(21-9-5-4-6-10-21)26(30)27-17-22-11-7-8-12-24(22)32-3/h4-16,25H,17-18H2,1-3H3,(H,27,30). The highest BCUT2D eigenvalue weighted by Gasteiger charge is 2.29. The summed E-state index contributed by atoms with van der Waals surface area (Å²) in [6, 6.07) is 23.5. The molecule has 1 N–H and O–H groups in total. The number of amides is 2. The zero-order valence-corrected chi connectivity index (χ0v) is 18.6. The third-order valence-electron chi connectivity index (χ3n) is 5.24. The molecule has 0 bridgehead atoms. The number of carbonyl (C=O) groups is 2. The van der Waals surface area contributed by atoms with Gasteiger partial charge in [0.1, 0.15) is 17.5 Å². The van der Waals surface area contributed by atoms with E-state index in [-0.39, 0.29) is 11.8 Å². The van der Waals surface area contributed by atoms with E-state index in [2.05, 4.69) is 5.32 Å². The summed E-state index contributed by atoms with van der Waals surface area (Å²) in [5.41, 5.74) is 2.51. The Morgan fingerprint density at radius 1 is 0.875 bits per heavy atom. The number of hydrogen-bond donors (Lipinski definition) is 1. The molecule has 166 valence electrons. The van der Waals surface area contributed by atoms with E-state index >= 15 is 0 Å². The second kappa shape index (κ2) is 11.0. The molecule has 1 unspecified atom stereocenters. The zero-order valence-electron chi connectivity index (χ0n) is 18.6. The third kappa shape index (κ3) is 5.66. The quantitative estimate of drug-likeness (QED) is 0.553. The first-order chi connectivity index (χ1) is 15.5. The van der Waals surface area contributed by atoms with E-state index in [4.69, 9.17) is 9.47 Å². The molecular formula is C26H28N2O4. The van der Waals surface area contributed by atoms with E-state index in [1.165, 1.54) is 6.92 Å². The van der Waals surface area contributed by atoms with Crippen LogP contribution in [0.2, 0.25) is 0 Å². The summed E-state index contributed by atoms with van der Waals surface area (Å²) in [6.45, 7) is 2.06. The van der Waals surface area contributed by atoms with E-state index < -0.39 is 6.04 Å². The first kappa shape index (κ1) is 22.9. The molecule has 6 nitrogen and oxygen atoms in total. The molecule has 3 rings (SSSR count). The Labute approximate surface area is 188 Å². The maximum atomic E-state index is 13.4. The van der Waals surface area contributed by atoms with Crippen LogP contribution < -0.4 is 14.8 Å². The van der Waals surface area contributed by atoms with Crippen molar-refractivity contribution in [1.82, 2.24) is 10.2 Å². The van der Waals surface area contributed by atoms with Crippen LogP contribution in [-0.2, 0) is 22.7 Å². The fourth-order valence-electron chi connectivity index (χ4n) is 3.55. The summed E-state index contributed by atoms with van der Waals surface area (Å²) < 4.78 is 10.6. The van der Waals surface area contributed by atoms with Crippen LogP contribution in [0.25, 0.3) is 0 Å². The monoisotopic (exact) mass is 432 g/mol. The van der Waals surface area contributed by atoms with Gasteiger partial charge in [-0.3, -0.25) is 9.59 Å². The molecule has 32 heavy (non-hydrogen) atoms. The Kier molecular flexibility index (Phi) is 7.86. The Morgan fingerprint density at radius 3 is 2.16 bits per heavy atom. The normalized spacial score (nSPS) is 11.3. The first-order valence-electron chi connectivity index (χ1n) is 10.4. The number of hydrogen-bond acceptors (Lipinski definition) is 4. The van der Waals surface area contributed by atoms with Crippen LogP contribution in [0.3, 0.4) is 0 Å². The largest absolute Gasteiger partial charge is 0.497 e. The molecule has 0 aliphatic rings. The van der Waals surface area contributed by atoms with Gasteiger partial charge in [0.2, 0.25) is 11.8 Å². The molecular weight excluding hydrogens is 404 g/mol. The summed E-state index contributed by atoms with van der Waals surface area (Å²) in [4.78, 5) is 27.6. The summed E-state index contributed by atoms with van der Waals surface area (Å²) in [6.07, 6.45) is 0. The van der Waals surface area contributed by atoms with E-state index in [1.807, 2.05) is 78.9 Å². The average Bonchev–Trinajstić information content (AvgIpc) is 2.83. The number of methoxy groups -OCH3 is 2. The maximum Gasteiger partial charge on any atom is 0.247 e. The van der Waals surface area contributed by atoms with Gasteiger partial charge in [0.15, 0.2) is 0 Å². The van der Waals surface area contributed by atoms with Crippen molar-refractivity contribution < 1.29 is 19.1 Å². The van der Waals surface area contributed by atoms with Crippen molar-refractivity contribution in [3.63, 3.8) is 0 Å². The SMILES string of the molecule is COc1ccc(CN(C(C)=O)C(C(=O)NCc2ccccc2OC)c2ccccc2)cc1. The molecule has 0 spiro atoms. The van der Waals surface area contributed by atoms with Gasteiger partial charge in [-0.05, 0) is 29.3 Å². The molecule has 0 saturated heterocycles. The van der Waals surface area contributed by atoms with Crippen molar-refractivity contribution >= 4 is 11.8 Å². The number of benzene rings is 3. The van der Waals surface area contributed by atoms with Gasteiger partial charge in [0.05, 0.1) is 14.2 Å². The van der Waals surface area contributed by atoms with Crippen LogP contribution in [-0.4, -0.2) is 30.9 Å². The maximum absolute atomic E-state index is 13.4. The molecule has 0 aliphatic heterocycles. The highest BCUT2D eigenvalue weighted by Crippen LogP contribution is 2.25. The Morgan fingerprint density at radius 2 is 1.53 bits per heavy atom. The lowest BCUT2D eigenvalue weighted by molar-refractivity contribution is -0.140. The second-order valence-electron chi connectivity index (χ2n) is 7.34. The number of rotatable bonds is 9. The molecule has 0 heterocycles. The van der Waals surface area contributed by atoms with Gasteiger partial charge in [-0.1, -0.05) is 60.7 Å². The van der Waals surface area contributed by atoms with Crippen LogP contribution >= 0.6 is 0 Å². The fourth-order valence-corrected chi connectivity index (χ4v) is 3.55. The van der Waals surface area contributed by atoms with E-state index in [1.54, 1.807) is 19.1 Å². The number of nitrogens with zero attached hydrogens (tertiary/aromatic N) is 1. The van der Waals surface area contributed by atoms with Crippen LogP contribution in [0.15, 0.2) is 78.9 Å². The molecule has 6 heteroatoms. The van der Waals surface area contributed by atoms with Crippen LogP contribution in [0.5, 0.6) is 11.5 Å². The molecule has 2 amide bonds. The van der Waals surface area contributed by atoms with Crippen molar-refractivity contribution in [2.45, 2.75) is 26.1 Å². The molecule has 3 aromatic carbocycles. The van der Waals surface area contributed by atoms with Crippen molar-refractivity contribution in [2.75, 3.05) is 14.2 Å². The number of carbonyl (C=O) groups excluding carboxylic acids is 2. The predicted molar refractivity (Wildman–Crippen MR) is 123 cm³/mol. The van der Waals surface area contributed by atoms with Gasteiger partial charge >= 0.3 is 0 Å². The van der Waals surface area contributed by atoms with Crippen molar-refractivity contribution in [2.24, 2.45) is 0 Å². The fraction of sp³-hybridized carbons (Fsp3) is 0.231. The topological polar surface area (TPSA) is 67.9 Å². The summed E-state index contributed by atoms with van der Waals surface area (Å²) in [5, 5.41) is 2.98. The molecule has 3 aromatic rings.